The van der Waals surface area contributed by atoms with E-state index in [1.54, 1.807) is 12.1 Å². The minimum Gasteiger partial charge on any atom is -0.508 e. The molecule has 0 saturated heterocycles. The Morgan fingerprint density at radius 3 is 2.12 bits per heavy atom. The highest BCUT2D eigenvalue weighted by Gasteiger charge is 2.37. The number of rotatable bonds is 14. The van der Waals surface area contributed by atoms with Crippen molar-refractivity contribution in [2.24, 2.45) is 5.92 Å². The van der Waals surface area contributed by atoms with Crippen LogP contribution in [0.15, 0.2) is 78.9 Å². The molecule has 0 aliphatic carbocycles. The van der Waals surface area contributed by atoms with Crippen molar-refractivity contribution in [3.63, 3.8) is 0 Å². The third kappa shape index (κ3) is 9.85. The maximum Gasteiger partial charge on any atom is 0.551 e. The molecule has 2 aromatic carbocycles. The number of hydrogen-bond donors (Lipinski definition) is 2. The average molecular weight is 573 g/mol. The first-order chi connectivity index (χ1) is 20.2. The van der Waals surface area contributed by atoms with Crippen LogP contribution >= 0.6 is 0 Å². The predicted molar refractivity (Wildman–Crippen MR) is 158 cm³/mol. The van der Waals surface area contributed by atoms with E-state index in [1.807, 2.05) is 80.6 Å². The lowest BCUT2D eigenvalue weighted by molar-refractivity contribution is -0.149. The zero-order chi connectivity index (χ0) is 30.5. The lowest BCUT2D eigenvalue weighted by Gasteiger charge is -2.27. The van der Waals surface area contributed by atoms with E-state index < -0.39 is 49.3 Å². The van der Waals surface area contributed by atoms with Crippen molar-refractivity contribution in [1.82, 2.24) is 15.6 Å². The highest BCUT2D eigenvalue weighted by Crippen LogP contribution is 2.17. The Balaban J connectivity index is 1.83. The van der Waals surface area contributed by atoms with Crippen molar-refractivity contribution in [1.29, 1.82) is 0 Å². The Bertz CT molecular complexity index is 1340. The fourth-order valence-electron chi connectivity index (χ4n) is 4.31. The average Bonchev–Trinajstić information content (AvgIpc) is 2.99. The summed E-state index contributed by atoms with van der Waals surface area (Å²) in [5, 5.41) is 5.72. The summed E-state index contributed by atoms with van der Waals surface area (Å²) in [5.74, 6) is -3.30. The van der Waals surface area contributed by atoms with Gasteiger partial charge in [0.1, 0.15) is 18.2 Å². The molecule has 220 valence electrons. The Hall–Kier alpha value is -4.51. The van der Waals surface area contributed by atoms with Gasteiger partial charge in [0, 0.05) is 19.1 Å². The van der Waals surface area contributed by atoms with E-state index in [0.717, 1.165) is 11.1 Å². The normalized spacial score (nSPS) is 12.1. The van der Waals surface area contributed by atoms with E-state index >= 15 is 0 Å². The van der Waals surface area contributed by atoms with Gasteiger partial charge in [-0.05, 0) is 30.0 Å². The molecule has 3 rings (SSSR count). The van der Waals surface area contributed by atoms with Crippen LogP contribution in [0.25, 0.3) is 11.3 Å². The van der Waals surface area contributed by atoms with E-state index in [1.165, 1.54) is 14.2 Å². The minimum atomic E-state index is -1.18. The van der Waals surface area contributed by atoms with Crippen molar-refractivity contribution >= 4 is 30.9 Å². The Morgan fingerprint density at radius 1 is 0.833 bits per heavy atom. The molecule has 0 unspecified atom stereocenters. The van der Waals surface area contributed by atoms with Crippen molar-refractivity contribution in [2.75, 3.05) is 14.2 Å². The van der Waals surface area contributed by atoms with Gasteiger partial charge in [0.25, 0.3) is 5.91 Å². The topological polar surface area (TPSA) is 133 Å². The zero-order valence-electron chi connectivity index (χ0n) is 24.2. The van der Waals surface area contributed by atoms with E-state index in [2.05, 4.69) is 20.4 Å². The van der Waals surface area contributed by atoms with Gasteiger partial charge >= 0.3 is 19.1 Å². The van der Waals surface area contributed by atoms with E-state index in [-0.39, 0.29) is 18.0 Å². The standard InChI is InChI=1S/C31H36BN3O7/c1-21(2)18-27(32(41-4)42-29(37)20-28(36)40-3)35-31(39)26(19-22-12-7-5-8-13-22)34-30(38)25-17-11-16-24(33-25)23-14-9-6-10-15-23/h5-17,21,26-27H,18-20H2,1-4H3,(H,34,38)(H,35,39)/t26-,27-/m0/s1. The SMILES string of the molecule is COB(OC(=O)CC(=O)OC)[C@H](CC(C)C)NC(=O)[C@H](Cc1ccccc1)NC(=O)c1cccc(-c2ccccc2)n1. The first-order valence-electron chi connectivity index (χ1n) is 13.7. The predicted octanol–water partition coefficient (Wildman–Crippen LogP) is 3.40. The van der Waals surface area contributed by atoms with Crippen LogP contribution in [0.1, 0.15) is 42.7 Å². The molecule has 0 radical (unpaired) electrons. The summed E-state index contributed by atoms with van der Waals surface area (Å²) in [7, 11) is 1.33. The van der Waals surface area contributed by atoms with Gasteiger partial charge in [0.05, 0.1) is 18.7 Å². The first kappa shape index (κ1) is 32.0. The van der Waals surface area contributed by atoms with Gasteiger partial charge in [-0.2, -0.15) is 0 Å². The van der Waals surface area contributed by atoms with Gasteiger partial charge in [-0.1, -0.05) is 80.6 Å². The summed E-state index contributed by atoms with van der Waals surface area (Å²) in [4.78, 5) is 55.4. The summed E-state index contributed by atoms with van der Waals surface area (Å²) >= 11 is 0. The number of methoxy groups -OCH3 is 1. The van der Waals surface area contributed by atoms with E-state index in [0.29, 0.717) is 12.1 Å². The highest BCUT2D eigenvalue weighted by molar-refractivity contribution is 6.49. The van der Waals surface area contributed by atoms with Gasteiger partial charge in [-0.15, -0.1) is 0 Å². The number of ether oxygens (including phenoxy) is 1. The molecule has 2 amide bonds. The second-order valence-electron chi connectivity index (χ2n) is 10.1. The van der Waals surface area contributed by atoms with Crippen LogP contribution < -0.4 is 10.6 Å². The largest absolute Gasteiger partial charge is 0.551 e. The number of aromatic nitrogens is 1. The van der Waals surface area contributed by atoms with Gasteiger partial charge in [0.2, 0.25) is 5.91 Å². The molecule has 42 heavy (non-hydrogen) atoms. The molecule has 0 bridgehead atoms. The van der Waals surface area contributed by atoms with Crippen LogP contribution in [0.2, 0.25) is 0 Å². The lowest BCUT2D eigenvalue weighted by Crippen LogP contribution is -2.56. The summed E-state index contributed by atoms with van der Waals surface area (Å²) in [6.07, 6.45) is -0.00612. The Morgan fingerprint density at radius 2 is 1.50 bits per heavy atom. The van der Waals surface area contributed by atoms with Crippen molar-refractivity contribution < 1.29 is 33.2 Å². The Labute approximate surface area is 246 Å². The third-order valence-corrected chi connectivity index (χ3v) is 6.33. The molecule has 0 aliphatic rings. The molecule has 11 heteroatoms. The number of benzene rings is 2. The van der Waals surface area contributed by atoms with Crippen LogP contribution in [0.5, 0.6) is 0 Å². The molecule has 1 heterocycles. The number of amides is 2. The molecular weight excluding hydrogens is 537 g/mol. The molecule has 10 nitrogen and oxygen atoms in total. The van der Waals surface area contributed by atoms with Crippen LogP contribution in [0, 0.1) is 5.92 Å². The zero-order valence-corrected chi connectivity index (χ0v) is 24.2. The molecular formula is C31H36BN3O7. The molecule has 2 N–H and O–H groups in total. The number of esters is 1. The van der Waals surface area contributed by atoms with Crippen LogP contribution in [0.4, 0.5) is 0 Å². The van der Waals surface area contributed by atoms with Crippen molar-refractivity contribution in [2.45, 2.75) is 45.1 Å². The van der Waals surface area contributed by atoms with Crippen LogP contribution in [0.3, 0.4) is 0 Å². The summed E-state index contributed by atoms with van der Waals surface area (Å²) in [6, 6.07) is 22.9. The van der Waals surface area contributed by atoms with Gasteiger partial charge in [0.15, 0.2) is 0 Å². The second kappa shape index (κ2) is 16.1. The lowest BCUT2D eigenvalue weighted by atomic mass is 9.73. The molecule has 0 aliphatic heterocycles. The smallest absolute Gasteiger partial charge is 0.508 e. The summed E-state index contributed by atoms with van der Waals surface area (Å²) in [6.45, 7) is 3.88. The molecule has 2 atom stereocenters. The van der Waals surface area contributed by atoms with Gasteiger partial charge < -0.3 is 24.7 Å². The molecule has 1 aromatic heterocycles. The quantitative estimate of drug-likeness (QED) is 0.170. The highest BCUT2D eigenvalue weighted by atomic mass is 16.6. The maximum atomic E-state index is 13.7. The number of pyridine rings is 1. The minimum absolute atomic E-state index is 0.0827. The van der Waals surface area contributed by atoms with Crippen LogP contribution in [-0.2, 0) is 34.9 Å². The monoisotopic (exact) mass is 573 g/mol. The van der Waals surface area contributed by atoms with E-state index in [4.69, 9.17) is 9.31 Å². The summed E-state index contributed by atoms with van der Waals surface area (Å²) < 4.78 is 15.3. The molecule has 0 fully saturated rings. The molecule has 0 spiro atoms. The van der Waals surface area contributed by atoms with Gasteiger partial charge in [-0.3, -0.25) is 19.2 Å². The number of nitrogens with zero attached hydrogens (tertiary/aromatic N) is 1. The third-order valence-electron chi connectivity index (χ3n) is 6.33. The fourth-order valence-corrected chi connectivity index (χ4v) is 4.31. The van der Waals surface area contributed by atoms with Crippen molar-refractivity contribution in [3.8, 4) is 11.3 Å². The Kier molecular flexibility index (Phi) is 12.2. The summed E-state index contributed by atoms with van der Waals surface area (Å²) in [5.41, 5.74) is 2.47. The number of carbonyl (C=O) groups excluding carboxylic acids is 4. The van der Waals surface area contributed by atoms with Crippen molar-refractivity contribution in [3.05, 3.63) is 90.1 Å². The molecule has 3 aromatic rings. The number of nitrogens with one attached hydrogen (secondary N) is 2. The number of hydrogen-bond acceptors (Lipinski definition) is 8. The van der Waals surface area contributed by atoms with E-state index in [9.17, 15) is 19.2 Å². The number of carbonyl (C=O) groups is 4. The van der Waals surface area contributed by atoms with Crippen LogP contribution in [-0.4, -0.2) is 62.1 Å². The second-order valence-corrected chi connectivity index (χ2v) is 10.1. The first-order valence-corrected chi connectivity index (χ1v) is 13.7. The fraction of sp³-hybridized carbons (Fsp3) is 0.323. The molecule has 0 saturated carbocycles. The van der Waals surface area contributed by atoms with Gasteiger partial charge in [-0.25, -0.2) is 4.98 Å². The maximum absolute atomic E-state index is 13.7.